The highest BCUT2D eigenvalue weighted by atomic mass is 32.2. The van der Waals surface area contributed by atoms with Gasteiger partial charge in [0.05, 0.1) is 0 Å². The minimum absolute atomic E-state index is 0.731. The molecule has 0 bridgehead atoms. The topological polar surface area (TPSA) is 23.9 Å². The molecular formula is C21H29NS. The zero-order valence-corrected chi connectivity index (χ0v) is 15.2. The van der Waals surface area contributed by atoms with Crippen LogP contribution in [-0.4, -0.2) is 5.71 Å². The molecule has 0 saturated heterocycles. The van der Waals surface area contributed by atoms with E-state index in [-0.39, 0.29) is 0 Å². The fourth-order valence-electron chi connectivity index (χ4n) is 2.84. The van der Waals surface area contributed by atoms with Crippen LogP contribution < -0.4 is 0 Å². The predicted molar refractivity (Wildman–Crippen MR) is 105 cm³/mol. The van der Waals surface area contributed by atoms with Gasteiger partial charge in [0.2, 0.25) is 0 Å². The Labute approximate surface area is 145 Å². The van der Waals surface area contributed by atoms with Crippen LogP contribution in [0.5, 0.6) is 0 Å². The van der Waals surface area contributed by atoms with E-state index >= 15 is 0 Å². The first-order chi connectivity index (χ1) is 11.2. The molecule has 2 aliphatic rings. The monoisotopic (exact) mass is 327 g/mol. The molecule has 23 heavy (non-hydrogen) atoms. The molecule has 1 N–H and O–H groups in total. The van der Waals surface area contributed by atoms with Crippen LogP contribution in [0, 0.1) is 5.41 Å². The quantitative estimate of drug-likeness (QED) is 0.354. The Hall–Kier alpha value is -1.28. The lowest BCUT2D eigenvalue weighted by molar-refractivity contribution is 0.682. The van der Waals surface area contributed by atoms with Gasteiger partial charge in [-0.3, -0.25) is 0 Å². The average molecular weight is 328 g/mol. The molecule has 0 heterocycles. The maximum atomic E-state index is 8.24. The second-order valence-electron chi connectivity index (χ2n) is 6.28. The molecule has 124 valence electrons. The summed E-state index contributed by atoms with van der Waals surface area (Å²) in [6.07, 6.45) is 21.4. The normalized spacial score (nSPS) is 17.3. The van der Waals surface area contributed by atoms with Crippen molar-refractivity contribution >= 4 is 17.5 Å². The van der Waals surface area contributed by atoms with Crippen LogP contribution in [0.25, 0.3) is 0 Å². The zero-order valence-electron chi connectivity index (χ0n) is 14.4. The van der Waals surface area contributed by atoms with E-state index in [1.165, 1.54) is 47.5 Å². The maximum Gasteiger partial charge on any atom is 0.0383 e. The van der Waals surface area contributed by atoms with E-state index in [4.69, 9.17) is 5.41 Å². The Bertz CT molecular complexity index is 560. The molecule has 2 rings (SSSR count). The van der Waals surface area contributed by atoms with Crippen LogP contribution >= 0.6 is 11.8 Å². The van der Waals surface area contributed by atoms with Gasteiger partial charge in [-0.15, -0.1) is 0 Å². The molecular weight excluding hydrogens is 298 g/mol. The third-order valence-electron chi connectivity index (χ3n) is 4.35. The first kappa shape index (κ1) is 18.1. The molecule has 0 aromatic heterocycles. The minimum atomic E-state index is 0.731. The van der Waals surface area contributed by atoms with Crippen molar-refractivity contribution in [3.8, 4) is 0 Å². The van der Waals surface area contributed by atoms with E-state index in [9.17, 15) is 0 Å². The largest absolute Gasteiger partial charge is 0.305 e. The van der Waals surface area contributed by atoms with Gasteiger partial charge in [0.1, 0.15) is 0 Å². The summed E-state index contributed by atoms with van der Waals surface area (Å²) < 4.78 is 0. The third kappa shape index (κ3) is 6.02. The van der Waals surface area contributed by atoms with E-state index in [0.717, 1.165) is 37.0 Å². The molecule has 0 amide bonds. The lowest BCUT2D eigenvalue weighted by atomic mass is 9.93. The molecule has 0 fully saturated rings. The first-order valence-electron chi connectivity index (χ1n) is 8.92. The summed E-state index contributed by atoms with van der Waals surface area (Å²) in [5, 5.41) is 8.24. The lowest BCUT2D eigenvalue weighted by Crippen LogP contribution is -2.05. The number of hydrogen-bond donors (Lipinski definition) is 1. The van der Waals surface area contributed by atoms with Gasteiger partial charge in [-0.2, -0.15) is 0 Å². The molecule has 0 aromatic carbocycles. The Morgan fingerprint density at radius 2 is 2.04 bits per heavy atom. The summed E-state index contributed by atoms with van der Waals surface area (Å²) in [4.78, 5) is 2.80. The average Bonchev–Trinajstić information content (AvgIpc) is 2.59. The molecule has 0 saturated carbocycles. The highest BCUT2D eigenvalue weighted by molar-refractivity contribution is 8.06. The highest BCUT2D eigenvalue weighted by Crippen LogP contribution is 2.36. The van der Waals surface area contributed by atoms with E-state index in [1.807, 2.05) is 11.8 Å². The molecule has 2 aliphatic carbocycles. The van der Waals surface area contributed by atoms with Crippen molar-refractivity contribution in [2.75, 3.05) is 0 Å². The molecule has 1 nitrogen and oxygen atoms in total. The number of nitrogens with one attached hydrogen (secondary N) is 1. The van der Waals surface area contributed by atoms with Crippen LogP contribution in [0.3, 0.4) is 0 Å². The summed E-state index contributed by atoms with van der Waals surface area (Å²) in [6.45, 7) is 6.39. The van der Waals surface area contributed by atoms with E-state index in [0.29, 0.717) is 0 Å². The zero-order chi connectivity index (χ0) is 16.5. The number of thioether (sulfide) groups is 1. The van der Waals surface area contributed by atoms with Gasteiger partial charge in [-0.1, -0.05) is 74.9 Å². The van der Waals surface area contributed by atoms with Crippen molar-refractivity contribution in [2.45, 2.75) is 64.7 Å². The molecule has 0 spiro atoms. The van der Waals surface area contributed by atoms with Crippen molar-refractivity contribution < 1.29 is 0 Å². The molecule has 0 unspecified atom stereocenters. The van der Waals surface area contributed by atoms with E-state index < -0.39 is 0 Å². The van der Waals surface area contributed by atoms with Gasteiger partial charge in [0.15, 0.2) is 0 Å². The predicted octanol–water partition coefficient (Wildman–Crippen LogP) is 7.10. The summed E-state index contributed by atoms with van der Waals surface area (Å²) in [6, 6.07) is 0. The van der Waals surface area contributed by atoms with Gasteiger partial charge < -0.3 is 5.41 Å². The van der Waals surface area contributed by atoms with E-state index in [1.54, 1.807) is 0 Å². The fourth-order valence-corrected chi connectivity index (χ4v) is 3.85. The van der Waals surface area contributed by atoms with Gasteiger partial charge in [-0.05, 0) is 54.6 Å². The van der Waals surface area contributed by atoms with Crippen molar-refractivity contribution in [2.24, 2.45) is 0 Å². The highest BCUT2D eigenvalue weighted by Gasteiger charge is 2.13. The van der Waals surface area contributed by atoms with E-state index in [2.05, 4.69) is 43.9 Å². The minimum Gasteiger partial charge on any atom is -0.305 e. The number of rotatable bonds is 9. The standard InChI is InChI=1S/C21H29NS/c1-3-4-5-9-12-21(22)17(2)18-13-15-20(16-14-18)23-19-10-7-6-8-11-19/h7,10-11,13,15,22H,2-6,8-9,12,14,16H2,1H3. The van der Waals surface area contributed by atoms with Crippen molar-refractivity contribution in [1.29, 1.82) is 5.41 Å². The molecule has 0 aliphatic heterocycles. The number of unbranched alkanes of at least 4 members (excludes halogenated alkanes) is 3. The fraction of sp³-hybridized carbons (Fsp3) is 0.476. The summed E-state index contributed by atoms with van der Waals surface area (Å²) in [5.74, 6) is 0. The summed E-state index contributed by atoms with van der Waals surface area (Å²) >= 11 is 1.89. The molecule has 0 atom stereocenters. The summed E-state index contributed by atoms with van der Waals surface area (Å²) in [5.41, 5.74) is 2.94. The Morgan fingerprint density at radius 1 is 1.17 bits per heavy atom. The van der Waals surface area contributed by atoms with Crippen molar-refractivity contribution in [1.82, 2.24) is 0 Å². The van der Waals surface area contributed by atoms with Crippen LogP contribution in [-0.2, 0) is 0 Å². The van der Waals surface area contributed by atoms with Crippen LogP contribution in [0.15, 0.2) is 57.9 Å². The van der Waals surface area contributed by atoms with Gasteiger partial charge >= 0.3 is 0 Å². The smallest absolute Gasteiger partial charge is 0.0383 e. The third-order valence-corrected chi connectivity index (χ3v) is 5.49. The molecule has 0 aromatic rings. The van der Waals surface area contributed by atoms with Crippen LogP contribution in [0.1, 0.15) is 64.7 Å². The van der Waals surface area contributed by atoms with Crippen LogP contribution in [0.4, 0.5) is 0 Å². The Kier molecular flexibility index (Phi) is 7.67. The van der Waals surface area contributed by atoms with Crippen molar-refractivity contribution in [3.63, 3.8) is 0 Å². The first-order valence-corrected chi connectivity index (χ1v) is 9.73. The second kappa shape index (κ2) is 9.77. The van der Waals surface area contributed by atoms with Gasteiger partial charge in [-0.25, -0.2) is 0 Å². The van der Waals surface area contributed by atoms with Gasteiger partial charge in [0.25, 0.3) is 0 Å². The Morgan fingerprint density at radius 3 is 2.70 bits per heavy atom. The van der Waals surface area contributed by atoms with Gasteiger partial charge in [0, 0.05) is 10.6 Å². The number of allylic oxidation sites excluding steroid dienone is 8. The molecule has 0 radical (unpaired) electrons. The Balaban J connectivity index is 1.84. The SMILES string of the molecule is C=C(C(=N)CCCCCC)C1=CC=C(SC2=CCCC=C2)CC1. The maximum absolute atomic E-state index is 8.24. The summed E-state index contributed by atoms with van der Waals surface area (Å²) in [7, 11) is 0. The lowest BCUT2D eigenvalue weighted by Gasteiger charge is -2.18. The number of hydrogen-bond acceptors (Lipinski definition) is 2. The van der Waals surface area contributed by atoms with Crippen molar-refractivity contribution in [3.05, 3.63) is 57.9 Å². The molecule has 2 heteroatoms. The second-order valence-corrected chi connectivity index (χ2v) is 7.48. The van der Waals surface area contributed by atoms with Crippen LogP contribution in [0.2, 0.25) is 0 Å².